The number of carbonyl (C=O) groups excluding carboxylic acids is 1. The second-order valence-electron chi connectivity index (χ2n) is 2.21. The van der Waals surface area contributed by atoms with Crippen molar-refractivity contribution >= 4 is 17.6 Å². The fourth-order valence-corrected chi connectivity index (χ4v) is 0.378. The van der Waals surface area contributed by atoms with Crippen LogP contribution in [0.4, 0.5) is 22.0 Å². The second-order valence-corrected chi connectivity index (χ2v) is 2.67. The first-order chi connectivity index (χ1) is 7.08. The lowest BCUT2D eigenvalue weighted by molar-refractivity contribution is -0.375. The van der Waals surface area contributed by atoms with E-state index in [1.54, 1.807) is 0 Å². The molecule has 16 heavy (non-hydrogen) atoms. The standard InChI is InChI=1S/C7H4ClF5O3/c1-4(8)5(14)15-2-3-16-7(12,13)6(9,10)11/h2-3H,1H2. The van der Waals surface area contributed by atoms with Gasteiger partial charge in [-0.05, 0) is 0 Å². The van der Waals surface area contributed by atoms with Crippen molar-refractivity contribution in [3.63, 3.8) is 0 Å². The molecule has 0 heterocycles. The van der Waals surface area contributed by atoms with E-state index in [-0.39, 0.29) is 12.5 Å². The molecule has 0 aliphatic carbocycles. The first-order valence-electron chi connectivity index (χ1n) is 3.40. The Morgan fingerprint density at radius 1 is 1.19 bits per heavy atom. The molecular formula is C7H4ClF5O3. The second kappa shape index (κ2) is 5.15. The third-order valence-electron chi connectivity index (χ3n) is 0.998. The lowest BCUT2D eigenvalue weighted by atomic mass is 10.6. The molecule has 0 amide bonds. The van der Waals surface area contributed by atoms with Crippen LogP contribution in [-0.2, 0) is 14.3 Å². The van der Waals surface area contributed by atoms with Crippen LogP contribution in [0, 0.1) is 0 Å². The Kier molecular flexibility index (Phi) is 4.73. The normalized spacial score (nSPS) is 12.6. The summed E-state index contributed by atoms with van der Waals surface area (Å²) in [6, 6.07) is 0. The van der Waals surface area contributed by atoms with Crippen molar-refractivity contribution < 1.29 is 36.2 Å². The largest absolute Gasteiger partial charge is 0.498 e. The fourth-order valence-electron chi connectivity index (χ4n) is 0.334. The lowest BCUT2D eigenvalue weighted by Crippen LogP contribution is -2.37. The molecule has 0 rings (SSSR count). The van der Waals surface area contributed by atoms with Gasteiger partial charge >= 0.3 is 18.3 Å². The highest BCUT2D eigenvalue weighted by Crippen LogP contribution is 2.36. The minimum Gasteiger partial charge on any atom is -0.430 e. The van der Waals surface area contributed by atoms with E-state index in [0.29, 0.717) is 0 Å². The van der Waals surface area contributed by atoms with Crippen LogP contribution in [0.5, 0.6) is 0 Å². The summed E-state index contributed by atoms with van der Waals surface area (Å²) >= 11 is 5.00. The highest BCUT2D eigenvalue weighted by Gasteiger charge is 2.60. The molecule has 0 saturated carbocycles. The SMILES string of the molecule is C=C(Cl)C(=O)OC=COC(F)(F)C(F)(F)F. The van der Waals surface area contributed by atoms with Crippen molar-refractivity contribution in [3.8, 4) is 0 Å². The molecule has 0 saturated heterocycles. The predicted molar refractivity (Wildman–Crippen MR) is 42.3 cm³/mol. The van der Waals surface area contributed by atoms with Crippen molar-refractivity contribution in [2.24, 2.45) is 0 Å². The Labute approximate surface area is 91.1 Å². The third-order valence-corrected chi connectivity index (χ3v) is 1.15. The van der Waals surface area contributed by atoms with E-state index in [0.717, 1.165) is 0 Å². The van der Waals surface area contributed by atoms with Crippen LogP contribution in [0.15, 0.2) is 24.1 Å². The molecule has 9 heteroatoms. The predicted octanol–water partition coefficient (Wildman–Crippen LogP) is 2.93. The Morgan fingerprint density at radius 2 is 1.69 bits per heavy atom. The van der Waals surface area contributed by atoms with Crippen LogP contribution in [0.2, 0.25) is 0 Å². The summed E-state index contributed by atoms with van der Waals surface area (Å²) in [6.07, 6.45) is -11.2. The molecule has 0 N–H and O–H groups in total. The van der Waals surface area contributed by atoms with Gasteiger partial charge in [0, 0.05) is 0 Å². The lowest BCUT2D eigenvalue weighted by Gasteiger charge is -2.17. The zero-order valence-electron chi connectivity index (χ0n) is 7.35. The summed E-state index contributed by atoms with van der Waals surface area (Å²) < 4.78 is 65.5. The summed E-state index contributed by atoms with van der Waals surface area (Å²) in [7, 11) is 0. The number of esters is 1. The average molecular weight is 267 g/mol. The Hall–Kier alpha value is -1.31. The van der Waals surface area contributed by atoms with Crippen LogP contribution < -0.4 is 0 Å². The van der Waals surface area contributed by atoms with Gasteiger partial charge in [0.1, 0.15) is 17.6 Å². The molecule has 0 fully saturated rings. The Balaban J connectivity index is 4.21. The van der Waals surface area contributed by atoms with Gasteiger partial charge in [-0.25, -0.2) is 4.79 Å². The molecule has 0 radical (unpaired) electrons. The highest BCUT2D eigenvalue weighted by atomic mass is 35.5. The summed E-state index contributed by atoms with van der Waals surface area (Å²) in [4.78, 5) is 10.5. The monoisotopic (exact) mass is 266 g/mol. The van der Waals surface area contributed by atoms with E-state index < -0.39 is 23.3 Å². The summed E-state index contributed by atoms with van der Waals surface area (Å²) in [6.45, 7) is 2.91. The van der Waals surface area contributed by atoms with Gasteiger partial charge < -0.3 is 9.47 Å². The van der Waals surface area contributed by atoms with Crippen molar-refractivity contribution in [2.45, 2.75) is 12.3 Å². The number of carbonyl (C=O) groups is 1. The Bertz CT molecular complexity index is 310. The van der Waals surface area contributed by atoms with Gasteiger partial charge in [-0.1, -0.05) is 18.2 Å². The molecule has 0 atom stereocenters. The molecular weight excluding hydrogens is 263 g/mol. The molecule has 0 aliphatic rings. The third kappa shape index (κ3) is 4.47. The smallest absolute Gasteiger partial charge is 0.430 e. The minimum absolute atomic E-state index is 0.134. The Morgan fingerprint density at radius 3 is 2.06 bits per heavy atom. The van der Waals surface area contributed by atoms with Crippen molar-refractivity contribution in [1.82, 2.24) is 0 Å². The maximum atomic E-state index is 12.0. The van der Waals surface area contributed by atoms with E-state index in [1.807, 2.05) is 0 Å². The van der Waals surface area contributed by atoms with E-state index in [9.17, 15) is 26.7 Å². The molecule has 0 unspecified atom stereocenters. The molecule has 92 valence electrons. The molecule has 3 nitrogen and oxygen atoms in total. The summed E-state index contributed by atoms with van der Waals surface area (Å²) in [5.74, 6) is -1.21. The molecule has 0 aromatic heterocycles. The van der Waals surface area contributed by atoms with Crippen LogP contribution in [-0.4, -0.2) is 18.3 Å². The van der Waals surface area contributed by atoms with Gasteiger partial charge in [0.25, 0.3) is 0 Å². The molecule has 0 bridgehead atoms. The quantitative estimate of drug-likeness (QED) is 0.340. The topological polar surface area (TPSA) is 35.5 Å². The molecule has 0 aliphatic heterocycles. The zero-order valence-corrected chi connectivity index (χ0v) is 8.11. The van der Waals surface area contributed by atoms with Crippen molar-refractivity contribution in [3.05, 3.63) is 24.1 Å². The molecule has 0 aromatic rings. The number of halogens is 6. The fraction of sp³-hybridized carbons (Fsp3) is 0.286. The van der Waals surface area contributed by atoms with Crippen molar-refractivity contribution in [2.75, 3.05) is 0 Å². The molecule has 0 aromatic carbocycles. The summed E-state index contributed by atoms with van der Waals surface area (Å²) in [5, 5.41) is -0.577. The number of ether oxygens (including phenoxy) is 2. The van der Waals surface area contributed by atoms with Crippen LogP contribution in [0.1, 0.15) is 0 Å². The van der Waals surface area contributed by atoms with Crippen LogP contribution >= 0.6 is 11.6 Å². The number of hydrogen-bond donors (Lipinski definition) is 0. The van der Waals surface area contributed by atoms with Crippen molar-refractivity contribution in [1.29, 1.82) is 0 Å². The van der Waals surface area contributed by atoms with Crippen LogP contribution in [0.3, 0.4) is 0 Å². The zero-order chi connectivity index (χ0) is 13.0. The van der Waals surface area contributed by atoms with Gasteiger partial charge in [0.05, 0.1) is 0 Å². The van der Waals surface area contributed by atoms with E-state index in [2.05, 4.69) is 16.1 Å². The van der Waals surface area contributed by atoms with E-state index in [4.69, 9.17) is 11.6 Å². The minimum atomic E-state index is -5.86. The van der Waals surface area contributed by atoms with Gasteiger partial charge in [0.15, 0.2) is 0 Å². The first kappa shape index (κ1) is 14.7. The first-order valence-corrected chi connectivity index (χ1v) is 3.78. The number of alkyl halides is 5. The number of rotatable bonds is 4. The van der Waals surface area contributed by atoms with Gasteiger partial charge in [-0.2, -0.15) is 22.0 Å². The van der Waals surface area contributed by atoms with Gasteiger partial charge in [-0.15, -0.1) is 0 Å². The summed E-state index contributed by atoms with van der Waals surface area (Å²) in [5.41, 5.74) is 0. The van der Waals surface area contributed by atoms with E-state index in [1.165, 1.54) is 0 Å². The molecule has 0 spiro atoms. The highest BCUT2D eigenvalue weighted by molar-refractivity contribution is 6.40. The van der Waals surface area contributed by atoms with Crippen LogP contribution in [0.25, 0.3) is 0 Å². The maximum absolute atomic E-state index is 12.0. The maximum Gasteiger partial charge on any atom is 0.498 e. The average Bonchev–Trinajstić information content (AvgIpc) is 2.09. The van der Waals surface area contributed by atoms with E-state index >= 15 is 0 Å². The van der Waals surface area contributed by atoms with Gasteiger partial charge in [0.2, 0.25) is 0 Å². The van der Waals surface area contributed by atoms with Gasteiger partial charge in [-0.3, -0.25) is 0 Å². The number of hydrogen-bond acceptors (Lipinski definition) is 3.